The third kappa shape index (κ3) is 1.35. The summed E-state index contributed by atoms with van der Waals surface area (Å²) in [5.41, 5.74) is 0. The quantitative estimate of drug-likeness (QED) is 0.652. The molecule has 2 aliphatic rings. The van der Waals surface area contributed by atoms with Crippen molar-refractivity contribution in [3.63, 3.8) is 0 Å². The first kappa shape index (κ1) is 9.00. The maximum atomic E-state index is 11.4. The Balaban J connectivity index is 2.09. The molecule has 2 saturated heterocycles. The summed E-state index contributed by atoms with van der Waals surface area (Å²) in [7, 11) is 0. The van der Waals surface area contributed by atoms with Crippen molar-refractivity contribution in [2.45, 2.75) is 44.8 Å². The van der Waals surface area contributed by atoms with E-state index < -0.39 is 0 Å². The van der Waals surface area contributed by atoms with Crippen LogP contribution in [-0.2, 0) is 4.79 Å². The van der Waals surface area contributed by atoms with Crippen LogP contribution in [0.2, 0.25) is 0 Å². The van der Waals surface area contributed by atoms with E-state index in [4.69, 9.17) is 0 Å². The molecule has 0 radical (unpaired) electrons. The zero-order chi connectivity index (χ0) is 9.42. The van der Waals surface area contributed by atoms with Gasteiger partial charge in [-0.15, -0.1) is 0 Å². The van der Waals surface area contributed by atoms with Gasteiger partial charge in [-0.05, 0) is 18.8 Å². The van der Waals surface area contributed by atoms with Crippen molar-refractivity contribution < 1.29 is 9.90 Å². The molecule has 0 aromatic carbocycles. The minimum atomic E-state index is -0.273. The Morgan fingerprint density at radius 1 is 1.54 bits per heavy atom. The van der Waals surface area contributed by atoms with E-state index in [2.05, 4.69) is 6.92 Å². The molecule has 0 bridgehead atoms. The largest absolute Gasteiger partial charge is 0.391 e. The van der Waals surface area contributed by atoms with Crippen molar-refractivity contribution in [1.82, 2.24) is 4.90 Å². The highest BCUT2D eigenvalue weighted by Gasteiger charge is 2.41. The highest BCUT2D eigenvalue weighted by Crippen LogP contribution is 2.32. The lowest BCUT2D eigenvalue weighted by Gasteiger charge is -2.39. The van der Waals surface area contributed by atoms with Crippen LogP contribution in [0.5, 0.6) is 0 Å². The topological polar surface area (TPSA) is 40.5 Å². The Morgan fingerprint density at radius 2 is 2.31 bits per heavy atom. The van der Waals surface area contributed by atoms with Gasteiger partial charge in [0.25, 0.3) is 0 Å². The van der Waals surface area contributed by atoms with Crippen LogP contribution < -0.4 is 0 Å². The minimum Gasteiger partial charge on any atom is -0.391 e. The summed E-state index contributed by atoms with van der Waals surface area (Å²) in [5, 5.41) is 9.96. The maximum Gasteiger partial charge on any atom is 0.222 e. The third-order valence-electron chi connectivity index (χ3n) is 3.52. The number of fused-ring (bicyclic) bond motifs is 1. The van der Waals surface area contributed by atoms with Crippen LogP contribution in [0.25, 0.3) is 0 Å². The fourth-order valence-corrected chi connectivity index (χ4v) is 2.64. The van der Waals surface area contributed by atoms with Crippen molar-refractivity contribution >= 4 is 5.91 Å². The van der Waals surface area contributed by atoms with Gasteiger partial charge < -0.3 is 10.0 Å². The van der Waals surface area contributed by atoms with E-state index in [1.54, 1.807) is 0 Å². The molecule has 0 spiro atoms. The highest BCUT2D eigenvalue weighted by atomic mass is 16.3. The molecule has 3 nitrogen and oxygen atoms in total. The lowest BCUT2D eigenvalue weighted by molar-refractivity contribution is -0.133. The molecule has 2 fully saturated rings. The molecule has 0 aliphatic carbocycles. The van der Waals surface area contributed by atoms with Crippen molar-refractivity contribution in [2.24, 2.45) is 5.92 Å². The number of aliphatic hydroxyl groups excluding tert-OH is 1. The summed E-state index contributed by atoms with van der Waals surface area (Å²) < 4.78 is 0. The van der Waals surface area contributed by atoms with Gasteiger partial charge in [0, 0.05) is 13.0 Å². The second-order valence-corrected chi connectivity index (χ2v) is 4.14. The molecule has 13 heavy (non-hydrogen) atoms. The van der Waals surface area contributed by atoms with Gasteiger partial charge in [-0.2, -0.15) is 0 Å². The van der Waals surface area contributed by atoms with Gasteiger partial charge in [0.2, 0.25) is 5.91 Å². The molecular weight excluding hydrogens is 166 g/mol. The molecule has 0 unspecified atom stereocenters. The summed E-state index contributed by atoms with van der Waals surface area (Å²) >= 11 is 0. The molecule has 0 saturated carbocycles. The SMILES string of the molecule is CC[C@@H]1CCN2C(=O)CC[C@H]2[C@@H]1O. The summed E-state index contributed by atoms with van der Waals surface area (Å²) in [6.07, 6.45) is 3.22. The van der Waals surface area contributed by atoms with Crippen molar-refractivity contribution in [3.05, 3.63) is 0 Å². The number of carbonyl (C=O) groups excluding carboxylic acids is 1. The van der Waals surface area contributed by atoms with Crippen molar-refractivity contribution in [2.75, 3.05) is 6.54 Å². The summed E-state index contributed by atoms with van der Waals surface area (Å²) in [4.78, 5) is 13.2. The Labute approximate surface area is 78.7 Å². The molecule has 74 valence electrons. The number of rotatable bonds is 1. The van der Waals surface area contributed by atoms with E-state index in [1.807, 2.05) is 4.90 Å². The number of aliphatic hydroxyl groups is 1. The zero-order valence-electron chi connectivity index (χ0n) is 8.07. The van der Waals surface area contributed by atoms with E-state index in [-0.39, 0.29) is 18.1 Å². The molecule has 0 aromatic heterocycles. The molecule has 1 N–H and O–H groups in total. The van der Waals surface area contributed by atoms with Gasteiger partial charge in [0.05, 0.1) is 12.1 Å². The van der Waals surface area contributed by atoms with Crippen LogP contribution in [-0.4, -0.2) is 34.6 Å². The van der Waals surface area contributed by atoms with Gasteiger partial charge in [-0.3, -0.25) is 4.79 Å². The van der Waals surface area contributed by atoms with E-state index >= 15 is 0 Å². The smallest absolute Gasteiger partial charge is 0.222 e. The first-order valence-electron chi connectivity index (χ1n) is 5.21. The second kappa shape index (κ2) is 3.29. The average molecular weight is 183 g/mol. The predicted octanol–water partition coefficient (Wildman–Crippen LogP) is 0.768. The summed E-state index contributed by atoms with van der Waals surface area (Å²) in [6.45, 7) is 2.97. The number of carbonyl (C=O) groups is 1. The van der Waals surface area contributed by atoms with Gasteiger partial charge in [0.1, 0.15) is 0 Å². The van der Waals surface area contributed by atoms with Crippen LogP contribution in [0.1, 0.15) is 32.6 Å². The monoisotopic (exact) mass is 183 g/mol. The zero-order valence-corrected chi connectivity index (χ0v) is 8.07. The minimum absolute atomic E-state index is 0.131. The lowest BCUT2D eigenvalue weighted by atomic mass is 9.86. The van der Waals surface area contributed by atoms with Crippen molar-refractivity contribution in [1.29, 1.82) is 0 Å². The predicted molar refractivity (Wildman–Crippen MR) is 49.1 cm³/mol. The standard InChI is InChI=1S/C10H17NO2/c1-2-7-5-6-11-8(10(7)13)3-4-9(11)12/h7-8,10,13H,2-6H2,1H3/t7-,8+,10-/m1/s1. The lowest BCUT2D eigenvalue weighted by Crippen LogP contribution is -2.50. The molecule has 1 amide bonds. The summed E-state index contributed by atoms with van der Waals surface area (Å²) in [6, 6.07) is 0.131. The summed E-state index contributed by atoms with van der Waals surface area (Å²) in [5.74, 6) is 0.644. The van der Waals surface area contributed by atoms with Crippen LogP contribution in [0.15, 0.2) is 0 Å². The number of amides is 1. The number of nitrogens with zero attached hydrogens (tertiary/aromatic N) is 1. The first-order chi connectivity index (χ1) is 6.24. The molecule has 0 aromatic rings. The van der Waals surface area contributed by atoms with Crippen LogP contribution in [0, 0.1) is 5.92 Å². The molecule has 2 heterocycles. The molecule has 3 atom stereocenters. The van der Waals surface area contributed by atoms with E-state index in [0.717, 1.165) is 25.8 Å². The molecule has 3 heteroatoms. The fraction of sp³-hybridized carbons (Fsp3) is 0.900. The third-order valence-corrected chi connectivity index (χ3v) is 3.52. The van der Waals surface area contributed by atoms with Gasteiger partial charge in [-0.25, -0.2) is 0 Å². The van der Waals surface area contributed by atoms with E-state index in [0.29, 0.717) is 12.3 Å². The normalized spacial score (nSPS) is 39.4. The molecule has 2 aliphatic heterocycles. The van der Waals surface area contributed by atoms with Gasteiger partial charge in [0.15, 0.2) is 0 Å². The highest BCUT2D eigenvalue weighted by molar-refractivity contribution is 5.79. The van der Waals surface area contributed by atoms with Gasteiger partial charge >= 0.3 is 0 Å². The number of hydrogen-bond acceptors (Lipinski definition) is 2. The number of piperidine rings is 1. The van der Waals surface area contributed by atoms with E-state index in [9.17, 15) is 9.90 Å². The second-order valence-electron chi connectivity index (χ2n) is 4.14. The fourth-order valence-electron chi connectivity index (χ4n) is 2.64. The molecular formula is C10H17NO2. The number of hydrogen-bond donors (Lipinski definition) is 1. The van der Waals surface area contributed by atoms with Gasteiger partial charge in [-0.1, -0.05) is 13.3 Å². The van der Waals surface area contributed by atoms with Crippen LogP contribution >= 0.6 is 0 Å². The van der Waals surface area contributed by atoms with Crippen LogP contribution in [0.4, 0.5) is 0 Å². The Hall–Kier alpha value is -0.570. The van der Waals surface area contributed by atoms with Crippen LogP contribution in [0.3, 0.4) is 0 Å². The maximum absolute atomic E-state index is 11.4. The van der Waals surface area contributed by atoms with E-state index in [1.165, 1.54) is 0 Å². The average Bonchev–Trinajstić information content (AvgIpc) is 2.50. The Bertz CT molecular complexity index is 217. The Kier molecular flexibility index (Phi) is 2.28. The molecule has 2 rings (SSSR count). The van der Waals surface area contributed by atoms with Crippen molar-refractivity contribution in [3.8, 4) is 0 Å². The first-order valence-corrected chi connectivity index (χ1v) is 5.21. The Morgan fingerprint density at radius 3 is 3.00 bits per heavy atom.